The molecule has 0 saturated heterocycles. The number of benzene rings is 2. The highest BCUT2D eigenvalue weighted by Gasteiger charge is 2.35. The summed E-state index contributed by atoms with van der Waals surface area (Å²) in [7, 11) is 0. The number of aromatic nitrogens is 1. The molecule has 3 aromatic rings. The normalized spacial score (nSPS) is 18.9. The highest BCUT2D eigenvalue weighted by atomic mass is 32.1. The second-order valence-corrected chi connectivity index (χ2v) is 9.05. The largest absolute Gasteiger partial charge is 0.455 e. The fourth-order valence-electron chi connectivity index (χ4n) is 4.14. The van der Waals surface area contributed by atoms with Gasteiger partial charge in [-0.1, -0.05) is 42.7 Å². The number of carbonyl (C=O) groups excluding carboxylic acids is 2. The minimum atomic E-state index is -0.317. The number of para-hydroxylation sites is 1. The number of ether oxygens (including phenoxy) is 1. The Morgan fingerprint density at radius 2 is 1.93 bits per heavy atom. The third kappa shape index (κ3) is 4.54. The minimum absolute atomic E-state index is 0.0612. The van der Waals surface area contributed by atoms with Gasteiger partial charge in [-0.25, -0.2) is 4.98 Å². The van der Waals surface area contributed by atoms with Crippen LogP contribution in [0.3, 0.4) is 0 Å². The fraction of sp³-hybridized carbons (Fsp3) is 0.375. The number of nitrogens with one attached hydrogen (secondary N) is 1. The van der Waals surface area contributed by atoms with Gasteiger partial charge in [0.2, 0.25) is 0 Å². The number of hydrogen-bond acceptors (Lipinski definition) is 5. The highest BCUT2D eigenvalue weighted by molar-refractivity contribution is 7.18. The van der Waals surface area contributed by atoms with Crippen LogP contribution in [-0.4, -0.2) is 23.5 Å². The number of thiazole rings is 1. The monoisotopic (exact) mass is 422 g/mol. The number of anilines is 1. The summed E-state index contributed by atoms with van der Waals surface area (Å²) in [5.74, 6) is -0.795. The van der Waals surface area contributed by atoms with Crippen LogP contribution >= 0.6 is 11.3 Å². The first-order valence-electron chi connectivity index (χ1n) is 10.4. The van der Waals surface area contributed by atoms with Crippen LogP contribution in [-0.2, 0) is 14.3 Å². The summed E-state index contributed by atoms with van der Waals surface area (Å²) in [5, 5.41) is 3.83. The van der Waals surface area contributed by atoms with E-state index in [1.165, 1.54) is 0 Å². The molecule has 4 rings (SSSR count). The van der Waals surface area contributed by atoms with Crippen molar-refractivity contribution in [1.82, 2.24) is 4.98 Å². The van der Waals surface area contributed by atoms with Crippen molar-refractivity contribution in [2.75, 3.05) is 11.9 Å². The van der Waals surface area contributed by atoms with Crippen molar-refractivity contribution in [3.05, 3.63) is 58.6 Å². The zero-order valence-electron chi connectivity index (χ0n) is 17.3. The van der Waals surface area contributed by atoms with Crippen molar-refractivity contribution in [2.24, 2.45) is 5.92 Å². The van der Waals surface area contributed by atoms with Crippen LogP contribution in [0.4, 0.5) is 5.69 Å². The molecule has 5 nitrogen and oxygen atoms in total. The number of esters is 1. The molecule has 2 aromatic carbocycles. The standard InChI is InChI=1S/C24H26N2O3S/c1-15-11-12-19(16(2)13-15)25-22(27)14-29-24(28)18-8-4-3-7-17(18)23-26-20-9-5-6-10-21(20)30-23/h5-6,9-13,17-18H,3-4,7-8,14H2,1-2H3,(H,25,27)/t17-,18+/m0/s1. The number of aryl methyl sites for hydroxylation is 2. The smallest absolute Gasteiger partial charge is 0.310 e. The second kappa shape index (κ2) is 8.96. The molecule has 1 N–H and O–H groups in total. The van der Waals surface area contributed by atoms with Gasteiger partial charge in [0, 0.05) is 11.6 Å². The molecule has 0 radical (unpaired) electrons. The first-order valence-corrected chi connectivity index (χ1v) is 11.2. The lowest BCUT2D eigenvalue weighted by Gasteiger charge is -2.28. The highest BCUT2D eigenvalue weighted by Crippen LogP contribution is 2.41. The molecule has 6 heteroatoms. The summed E-state index contributed by atoms with van der Waals surface area (Å²) in [5.41, 5.74) is 3.84. The van der Waals surface area contributed by atoms with E-state index in [0.29, 0.717) is 0 Å². The van der Waals surface area contributed by atoms with Gasteiger partial charge in [-0.15, -0.1) is 11.3 Å². The minimum Gasteiger partial charge on any atom is -0.455 e. The molecule has 1 aliphatic carbocycles. The van der Waals surface area contributed by atoms with Crippen molar-refractivity contribution in [1.29, 1.82) is 0 Å². The Labute approximate surface area is 180 Å². The van der Waals surface area contributed by atoms with Crippen molar-refractivity contribution in [3.63, 3.8) is 0 Å². The number of rotatable bonds is 5. The Morgan fingerprint density at radius 3 is 2.73 bits per heavy atom. The van der Waals surface area contributed by atoms with Crippen LogP contribution in [0.1, 0.15) is 47.7 Å². The van der Waals surface area contributed by atoms with E-state index >= 15 is 0 Å². The fourth-order valence-corrected chi connectivity index (χ4v) is 5.31. The average Bonchev–Trinajstić information content (AvgIpc) is 3.18. The van der Waals surface area contributed by atoms with Gasteiger partial charge in [0.05, 0.1) is 21.1 Å². The molecule has 0 spiro atoms. The molecule has 1 fully saturated rings. The maximum Gasteiger partial charge on any atom is 0.310 e. The third-order valence-corrected chi connectivity index (χ3v) is 6.87. The summed E-state index contributed by atoms with van der Waals surface area (Å²) >= 11 is 1.66. The van der Waals surface area contributed by atoms with Crippen LogP contribution in [0.25, 0.3) is 10.2 Å². The van der Waals surface area contributed by atoms with Crippen molar-refractivity contribution in [2.45, 2.75) is 45.4 Å². The van der Waals surface area contributed by atoms with E-state index in [0.717, 1.165) is 57.7 Å². The van der Waals surface area contributed by atoms with E-state index in [1.807, 2.05) is 50.2 Å². The average molecular weight is 423 g/mol. The third-order valence-electron chi connectivity index (χ3n) is 5.70. The summed E-state index contributed by atoms with van der Waals surface area (Å²) in [4.78, 5) is 29.9. The molecule has 2 atom stereocenters. The quantitative estimate of drug-likeness (QED) is 0.561. The number of nitrogens with zero attached hydrogens (tertiary/aromatic N) is 1. The Kier molecular flexibility index (Phi) is 6.13. The predicted octanol–water partition coefficient (Wildman–Crippen LogP) is 5.37. The second-order valence-electron chi connectivity index (χ2n) is 7.99. The first-order chi connectivity index (χ1) is 14.5. The van der Waals surface area contributed by atoms with Gasteiger partial charge in [0.1, 0.15) is 0 Å². The summed E-state index contributed by atoms with van der Waals surface area (Å²) < 4.78 is 6.57. The van der Waals surface area contributed by atoms with Gasteiger partial charge in [-0.05, 0) is 50.5 Å². The zero-order chi connectivity index (χ0) is 21.1. The van der Waals surface area contributed by atoms with Crippen molar-refractivity contribution < 1.29 is 14.3 Å². The van der Waals surface area contributed by atoms with Gasteiger partial charge in [-0.2, -0.15) is 0 Å². The molecule has 0 unspecified atom stereocenters. The van der Waals surface area contributed by atoms with Gasteiger partial charge >= 0.3 is 5.97 Å². The van der Waals surface area contributed by atoms with E-state index in [4.69, 9.17) is 9.72 Å². The number of hydrogen-bond donors (Lipinski definition) is 1. The molecule has 0 aliphatic heterocycles. The van der Waals surface area contributed by atoms with E-state index < -0.39 is 0 Å². The van der Waals surface area contributed by atoms with Gasteiger partial charge in [-0.3, -0.25) is 9.59 Å². The lowest BCUT2D eigenvalue weighted by Crippen LogP contribution is -2.30. The SMILES string of the molecule is Cc1ccc(NC(=O)COC(=O)[C@@H]2CCCC[C@@H]2c2nc3ccccc3s2)c(C)c1. The summed E-state index contributed by atoms with van der Waals surface area (Å²) in [6.07, 6.45) is 3.78. The van der Waals surface area contributed by atoms with Crippen molar-refractivity contribution >= 4 is 39.1 Å². The Morgan fingerprint density at radius 1 is 1.13 bits per heavy atom. The molecule has 1 aliphatic rings. The summed E-state index contributed by atoms with van der Waals surface area (Å²) in [6, 6.07) is 13.9. The lowest BCUT2D eigenvalue weighted by atomic mass is 9.79. The number of fused-ring (bicyclic) bond motifs is 1. The number of carbonyl (C=O) groups is 2. The zero-order valence-corrected chi connectivity index (χ0v) is 18.1. The first kappa shape index (κ1) is 20.5. The van der Waals surface area contributed by atoms with E-state index in [-0.39, 0.29) is 30.3 Å². The lowest BCUT2D eigenvalue weighted by molar-refractivity contribution is -0.153. The van der Waals surface area contributed by atoms with Gasteiger partial charge in [0.15, 0.2) is 6.61 Å². The van der Waals surface area contributed by atoms with Crippen molar-refractivity contribution in [3.8, 4) is 0 Å². The maximum absolute atomic E-state index is 12.8. The molecule has 1 heterocycles. The number of amides is 1. The maximum atomic E-state index is 12.8. The Hall–Kier alpha value is -2.73. The predicted molar refractivity (Wildman–Crippen MR) is 120 cm³/mol. The van der Waals surface area contributed by atoms with Crippen LogP contribution in [0.5, 0.6) is 0 Å². The van der Waals surface area contributed by atoms with Crippen LogP contribution in [0, 0.1) is 19.8 Å². The van der Waals surface area contributed by atoms with E-state index in [2.05, 4.69) is 11.4 Å². The van der Waals surface area contributed by atoms with Crippen LogP contribution < -0.4 is 5.32 Å². The molecular weight excluding hydrogens is 396 g/mol. The van der Waals surface area contributed by atoms with Gasteiger partial charge in [0.25, 0.3) is 5.91 Å². The molecule has 1 amide bonds. The molecule has 1 aromatic heterocycles. The molecule has 30 heavy (non-hydrogen) atoms. The van der Waals surface area contributed by atoms with E-state index in [9.17, 15) is 9.59 Å². The van der Waals surface area contributed by atoms with Crippen LogP contribution in [0.2, 0.25) is 0 Å². The molecule has 156 valence electrons. The molecular formula is C24H26N2O3S. The molecule has 1 saturated carbocycles. The molecule has 0 bridgehead atoms. The Bertz CT molecular complexity index is 1040. The van der Waals surface area contributed by atoms with Gasteiger partial charge < -0.3 is 10.1 Å². The van der Waals surface area contributed by atoms with Crippen LogP contribution in [0.15, 0.2) is 42.5 Å². The Balaban J connectivity index is 1.40. The topological polar surface area (TPSA) is 68.3 Å². The summed E-state index contributed by atoms with van der Waals surface area (Å²) in [6.45, 7) is 3.68. The van der Waals surface area contributed by atoms with E-state index in [1.54, 1.807) is 11.3 Å².